The monoisotopic (exact) mass is 438 g/mol. The molecule has 0 atom stereocenters. The van der Waals surface area contributed by atoms with Crippen molar-refractivity contribution >= 4 is 26.5 Å². The maximum atomic E-state index is 8.22. The van der Waals surface area contributed by atoms with E-state index in [9.17, 15) is 0 Å². The van der Waals surface area contributed by atoms with E-state index in [1.54, 1.807) is 12.1 Å². The standard InChI is InChI=1S/C27H38NSi2/c1-19-15-20(2)25(26-16-21(3)27(18-28(26)4)30(8,9)10)17-24(19)22-11-13-23(14-12-22)29(5,6)7/h11-18H,1-10H3/q+1/i1D3,3D3. The number of pyridine rings is 1. The first kappa shape index (κ1) is 15.8. The van der Waals surface area contributed by atoms with Crippen LogP contribution in [0.1, 0.15) is 24.9 Å². The summed E-state index contributed by atoms with van der Waals surface area (Å²) in [5.74, 6) is 0. The summed E-state index contributed by atoms with van der Waals surface area (Å²) in [7, 11) is -1.49. The normalized spacial score (nSPS) is 16.1. The molecule has 3 aromatic rings. The third-order valence-corrected chi connectivity index (χ3v) is 9.86. The summed E-state index contributed by atoms with van der Waals surface area (Å²) in [6, 6.07) is 13.7. The summed E-state index contributed by atoms with van der Waals surface area (Å²) in [6.07, 6.45) is 1.96. The first-order valence-electron chi connectivity index (χ1n) is 13.5. The Morgan fingerprint density at radius 2 is 1.37 bits per heavy atom. The third-order valence-electron chi connectivity index (χ3n) is 5.78. The summed E-state index contributed by atoms with van der Waals surface area (Å²) in [5.41, 5.74) is 4.60. The smallest absolute Gasteiger partial charge is 0.201 e. The summed E-state index contributed by atoms with van der Waals surface area (Å²) in [5, 5.41) is 2.22. The van der Waals surface area contributed by atoms with E-state index in [-0.39, 0.29) is 0 Å². The zero-order valence-corrected chi connectivity index (χ0v) is 21.6. The first-order valence-corrected chi connectivity index (χ1v) is 17.5. The van der Waals surface area contributed by atoms with Crippen molar-refractivity contribution < 1.29 is 12.8 Å². The van der Waals surface area contributed by atoms with Gasteiger partial charge in [-0.25, -0.2) is 4.57 Å². The molecule has 0 spiro atoms. The van der Waals surface area contributed by atoms with E-state index >= 15 is 0 Å². The first-order chi connectivity index (χ1) is 16.2. The molecule has 0 saturated carbocycles. The number of hydrogen-bond acceptors (Lipinski definition) is 0. The van der Waals surface area contributed by atoms with Crippen molar-refractivity contribution in [3.63, 3.8) is 0 Å². The summed E-state index contributed by atoms with van der Waals surface area (Å²) < 4.78 is 51.2. The number of benzene rings is 2. The van der Waals surface area contributed by atoms with Crippen LogP contribution >= 0.6 is 0 Å². The molecule has 0 aliphatic carbocycles. The molecule has 1 aromatic heterocycles. The van der Waals surface area contributed by atoms with Crippen LogP contribution in [0.25, 0.3) is 22.4 Å². The van der Waals surface area contributed by atoms with Gasteiger partial charge in [0.2, 0.25) is 5.69 Å². The maximum Gasteiger partial charge on any atom is 0.212 e. The molecule has 0 aliphatic rings. The molecule has 0 aliphatic heterocycles. The van der Waals surface area contributed by atoms with Gasteiger partial charge in [0.15, 0.2) is 6.20 Å². The van der Waals surface area contributed by atoms with Crippen molar-refractivity contribution in [3.05, 3.63) is 65.4 Å². The van der Waals surface area contributed by atoms with Crippen LogP contribution in [0.2, 0.25) is 39.3 Å². The molecule has 0 unspecified atom stereocenters. The van der Waals surface area contributed by atoms with Gasteiger partial charge in [0.25, 0.3) is 0 Å². The number of nitrogens with zero attached hydrogens (tertiary/aromatic N) is 1. The fourth-order valence-corrected chi connectivity index (χ4v) is 6.51. The highest BCUT2D eigenvalue weighted by atomic mass is 28.3. The van der Waals surface area contributed by atoms with E-state index in [1.165, 1.54) is 5.19 Å². The van der Waals surface area contributed by atoms with Gasteiger partial charge in [-0.1, -0.05) is 74.8 Å². The Kier molecular flexibility index (Phi) is 4.17. The molecule has 0 amide bonds. The molecule has 1 nitrogen and oxygen atoms in total. The Hall–Kier alpha value is -1.98. The molecule has 0 N–H and O–H groups in total. The molecule has 30 heavy (non-hydrogen) atoms. The van der Waals surface area contributed by atoms with Crippen molar-refractivity contribution in [2.24, 2.45) is 7.05 Å². The molecule has 2 aromatic carbocycles. The highest BCUT2D eigenvalue weighted by Crippen LogP contribution is 2.31. The maximum absolute atomic E-state index is 8.22. The Labute approximate surface area is 194 Å². The van der Waals surface area contributed by atoms with E-state index in [1.807, 2.05) is 42.9 Å². The number of aryl methyl sites for hydroxylation is 4. The van der Waals surface area contributed by atoms with Crippen molar-refractivity contribution in [1.29, 1.82) is 0 Å². The predicted octanol–water partition coefficient (Wildman–Crippen LogP) is 5.86. The van der Waals surface area contributed by atoms with Crippen LogP contribution < -0.4 is 14.9 Å². The van der Waals surface area contributed by atoms with Crippen LogP contribution in [0.5, 0.6) is 0 Å². The van der Waals surface area contributed by atoms with E-state index in [0.29, 0.717) is 16.7 Å². The van der Waals surface area contributed by atoms with Gasteiger partial charge >= 0.3 is 0 Å². The van der Waals surface area contributed by atoms with Gasteiger partial charge in [0.05, 0.1) is 16.1 Å². The van der Waals surface area contributed by atoms with Gasteiger partial charge < -0.3 is 0 Å². The Morgan fingerprint density at radius 1 is 0.733 bits per heavy atom. The van der Waals surface area contributed by atoms with E-state index < -0.39 is 29.9 Å². The van der Waals surface area contributed by atoms with Gasteiger partial charge in [0.1, 0.15) is 7.05 Å². The van der Waals surface area contributed by atoms with Crippen LogP contribution in [0.3, 0.4) is 0 Å². The Balaban J connectivity index is 2.33. The lowest BCUT2D eigenvalue weighted by Gasteiger charge is -2.19. The van der Waals surface area contributed by atoms with Gasteiger partial charge in [0, 0.05) is 25.0 Å². The molecule has 0 bridgehead atoms. The van der Waals surface area contributed by atoms with Crippen LogP contribution in [0.4, 0.5) is 0 Å². The molecule has 0 fully saturated rings. The van der Waals surface area contributed by atoms with E-state index in [2.05, 4.69) is 51.4 Å². The van der Waals surface area contributed by atoms with Crippen LogP contribution in [-0.4, -0.2) is 16.1 Å². The van der Waals surface area contributed by atoms with Crippen LogP contribution in [0.15, 0.2) is 48.7 Å². The van der Waals surface area contributed by atoms with Crippen molar-refractivity contribution in [2.75, 3.05) is 0 Å². The number of rotatable bonds is 4. The topological polar surface area (TPSA) is 3.88 Å². The second-order valence-electron chi connectivity index (χ2n) is 10.4. The van der Waals surface area contributed by atoms with E-state index in [0.717, 1.165) is 27.6 Å². The molecule has 0 saturated heterocycles. The van der Waals surface area contributed by atoms with Crippen LogP contribution in [0, 0.1) is 20.6 Å². The zero-order chi connectivity index (χ0) is 27.4. The predicted molar refractivity (Wildman–Crippen MR) is 139 cm³/mol. The third kappa shape index (κ3) is 4.52. The van der Waals surface area contributed by atoms with E-state index in [4.69, 9.17) is 8.22 Å². The van der Waals surface area contributed by atoms with Crippen molar-refractivity contribution in [2.45, 2.75) is 59.9 Å². The lowest BCUT2D eigenvalue weighted by atomic mass is 9.93. The average molecular weight is 439 g/mol. The largest absolute Gasteiger partial charge is 0.212 e. The lowest BCUT2D eigenvalue weighted by Crippen LogP contribution is -2.46. The van der Waals surface area contributed by atoms with Gasteiger partial charge in [-0.05, 0) is 54.5 Å². The molecular formula is C27H38NSi2+. The van der Waals surface area contributed by atoms with Crippen molar-refractivity contribution in [3.8, 4) is 22.4 Å². The van der Waals surface area contributed by atoms with Gasteiger partial charge in [-0.3, -0.25) is 0 Å². The molecular weight excluding hydrogens is 394 g/mol. The molecule has 1 heterocycles. The molecule has 0 radical (unpaired) electrons. The second-order valence-corrected chi connectivity index (χ2v) is 20.5. The molecule has 3 rings (SSSR count). The average Bonchev–Trinajstić information content (AvgIpc) is 2.71. The van der Waals surface area contributed by atoms with Gasteiger partial charge in [-0.15, -0.1) is 0 Å². The lowest BCUT2D eigenvalue weighted by molar-refractivity contribution is -0.659. The SMILES string of the molecule is [2H]C([2H])([2H])c1cc(C)c(-c2cc(C([2H])([2H])[2H])c([Si](C)(C)C)c[n+]2C)cc1-c1ccc([Si](C)(C)C)cc1. The highest BCUT2D eigenvalue weighted by molar-refractivity contribution is 6.89. The summed E-state index contributed by atoms with van der Waals surface area (Å²) >= 11 is 0. The fourth-order valence-electron chi connectivity index (χ4n) is 3.89. The second kappa shape index (κ2) is 7.94. The summed E-state index contributed by atoms with van der Waals surface area (Å²) in [4.78, 5) is 0. The quantitative estimate of drug-likeness (QED) is 0.355. The number of aromatic nitrogens is 1. The highest BCUT2D eigenvalue weighted by Gasteiger charge is 2.25. The minimum absolute atomic E-state index is 0.307. The molecule has 3 heteroatoms. The fraction of sp³-hybridized carbons (Fsp3) is 0.370. The Bertz CT molecular complexity index is 1280. The minimum Gasteiger partial charge on any atom is -0.201 e. The number of hydrogen-bond donors (Lipinski definition) is 0. The Morgan fingerprint density at radius 3 is 1.90 bits per heavy atom. The summed E-state index contributed by atoms with van der Waals surface area (Å²) in [6.45, 7) is 10.7. The van der Waals surface area contributed by atoms with Crippen LogP contribution in [-0.2, 0) is 7.05 Å². The minimum atomic E-state index is -2.27. The zero-order valence-electron chi connectivity index (χ0n) is 25.6. The van der Waals surface area contributed by atoms with Crippen molar-refractivity contribution in [1.82, 2.24) is 0 Å². The van der Waals surface area contributed by atoms with Gasteiger partial charge in [-0.2, -0.15) is 0 Å². The molecule has 158 valence electrons.